The van der Waals surface area contributed by atoms with Gasteiger partial charge in [0.15, 0.2) is 0 Å². The van der Waals surface area contributed by atoms with Crippen molar-refractivity contribution in [1.82, 2.24) is 15.1 Å². The van der Waals surface area contributed by atoms with Crippen molar-refractivity contribution in [3.8, 4) is 0 Å². The SMILES string of the molecule is O=C(CN1CC[C@@H](c2ccccc2)C1)NCCN1CCCOC1=O. The quantitative estimate of drug-likeness (QED) is 0.857. The maximum absolute atomic E-state index is 12.1. The number of likely N-dealkylation sites (tertiary alicyclic amines) is 1. The molecule has 1 aromatic carbocycles. The number of hydrogen-bond donors (Lipinski definition) is 1. The van der Waals surface area contributed by atoms with Crippen LogP contribution in [0.25, 0.3) is 0 Å². The topological polar surface area (TPSA) is 61.9 Å². The van der Waals surface area contributed by atoms with Crippen molar-refractivity contribution in [2.24, 2.45) is 0 Å². The number of amides is 2. The molecule has 1 aromatic rings. The molecule has 0 aliphatic carbocycles. The molecule has 2 amide bonds. The number of carbonyl (C=O) groups excluding carboxylic acids is 2. The molecule has 24 heavy (non-hydrogen) atoms. The average Bonchev–Trinajstić information content (AvgIpc) is 3.06. The molecule has 0 spiro atoms. The van der Waals surface area contributed by atoms with Crippen molar-refractivity contribution in [3.05, 3.63) is 35.9 Å². The Hall–Kier alpha value is -2.08. The minimum absolute atomic E-state index is 0.0223. The van der Waals surface area contributed by atoms with Crippen LogP contribution in [0.2, 0.25) is 0 Å². The number of carbonyl (C=O) groups is 2. The summed E-state index contributed by atoms with van der Waals surface area (Å²) in [6, 6.07) is 10.5. The van der Waals surface area contributed by atoms with E-state index < -0.39 is 0 Å². The molecule has 2 heterocycles. The molecule has 130 valence electrons. The lowest BCUT2D eigenvalue weighted by Gasteiger charge is -2.26. The first kappa shape index (κ1) is 16.8. The van der Waals surface area contributed by atoms with E-state index in [2.05, 4.69) is 34.5 Å². The molecule has 3 rings (SSSR count). The molecule has 0 radical (unpaired) electrons. The second-order valence-electron chi connectivity index (χ2n) is 6.44. The Balaban J connectivity index is 1.36. The van der Waals surface area contributed by atoms with Crippen LogP contribution in [-0.2, 0) is 9.53 Å². The Morgan fingerprint density at radius 2 is 2.08 bits per heavy atom. The van der Waals surface area contributed by atoms with Crippen LogP contribution in [0, 0.1) is 0 Å². The lowest BCUT2D eigenvalue weighted by molar-refractivity contribution is -0.122. The number of hydrogen-bond acceptors (Lipinski definition) is 4. The third-order valence-electron chi connectivity index (χ3n) is 4.67. The maximum atomic E-state index is 12.1. The Bertz CT molecular complexity index is 564. The summed E-state index contributed by atoms with van der Waals surface area (Å²) < 4.78 is 4.98. The van der Waals surface area contributed by atoms with Gasteiger partial charge in [-0.2, -0.15) is 0 Å². The zero-order chi connectivity index (χ0) is 16.8. The standard InChI is InChI=1S/C18H25N3O3/c22-17(19-8-11-21-9-4-12-24-18(21)23)14-20-10-7-16(13-20)15-5-2-1-3-6-15/h1-3,5-6,16H,4,7-14H2,(H,19,22)/t16-/m1/s1. The molecule has 2 saturated heterocycles. The van der Waals surface area contributed by atoms with Gasteiger partial charge in [0, 0.05) is 26.2 Å². The molecule has 6 nitrogen and oxygen atoms in total. The fourth-order valence-electron chi connectivity index (χ4n) is 3.36. The van der Waals surface area contributed by atoms with Gasteiger partial charge in [0.05, 0.1) is 13.2 Å². The minimum atomic E-state index is -0.277. The highest BCUT2D eigenvalue weighted by molar-refractivity contribution is 5.78. The fourth-order valence-corrected chi connectivity index (χ4v) is 3.36. The molecule has 0 bridgehead atoms. The molecule has 0 aromatic heterocycles. The molecule has 1 atom stereocenters. The van der Waals surface area contributed by atoms with Gasteiger partial charge in [0.1, 0.15) is 0 Å². The second kappa shape index (κ2) is 8.15. The lowest BCUT2D eigenvalue weighted by Crippen LogP contribution is -2.44. The highest BCUT2D eigenvalue weighted by Gasteiger charge is 2.25. The Kier molecular flexibility index (Phi) is 5.69. The van der Waals surface area contributed by atoms with E-state index in [0.29, 0.717) is 38.7 Å². The van der Waals surface area contributed by atoms with Crippen LogP contribution >= 0.6 is 0 Å². The minimum Gasteiger partial charge on any atom is -0.449 e. The third-order valence-corrected chi connectivity index (χ3v) is 4.67. The Morgan fingerprint density at radius 1 is 1.25 bits per heavy atom. The largest absolute Gasteiger partial charge is 0.449 e. The van der Waals surface area contributed by atoms with Gasteiger partial charge < -0.3 is 15.0 Å². The molecule has 2 aliphatic heterocycles. The van der Waals surface area contributed by atoms with Gasteiger partial charge in [-0.05, 0) is 30.9 Å². The van der Waals surface area contributed by atoms with E-state index in [1.54, 1.807) is 4.90 Å². The van der Waals surface area contributed by atoms with E-state index in [0.717, 1.165) is 25.9 Å². The van der Waals surface area contributed by atoms with E-state index in [4.69, 9.17) is 4.74 Å². The van der Waals surface area contributed by atoms with Crippen LogP contribution in [0.15, 0.2) is 30.3 Å². The van der Waals surface area contributed by atoms with Crippen molar-refractivity contribution >= 4 is 12.0 Å². The number of nitrogens with one attached hydrogen (secondary N) is 1. The summed E-state index contributed by atoms with van der Waals surface area (Å²) in [6.45, 7) is 4.50. The predicted octanol–water partition coefficient (Wildman–Crippen LogP) is 1.43. The first-order chi connectivity index (χ1) is 11.7. The summed E-state index contributed by atoms with van der Waals surface area (Å²) in [4.78, 5) is 27.4. The van der Waals surface area contributed by atoms with Gasteiger partial charge in [0.25, 0.3) is 0 Å². The first-order valence-corrected chi connectivity index (χ1v) is 8.68. The second-order valence-corrected chi connectivity index (χ2v) is 6.44. The first-order valence-electron chi connectivity index (χ1n) is 8.68. The summed E-state index contributed by atoms with van der Waals surface area (Å²) in [5.41, 5.74) is 1.35. The third kappa shape index (κ3) is 4.47. The fraction of sp³-hybridized carbons (Fsp3) is 0.556. The summed E-state index contributed by atoms with van der Waals surface area (Å²) in [6.07, 6.45) is 1.67. The summed E-state index contributed by atoms with van der Waals surface area (Å²) in [7, 11) is 0. The smallest absolute Gasteiger partial charge is 0.409 e. The lowest BCUT2D eigenvalue weighted by atomic mass is 9.99. The number of ether oxygens (including phenoxy) is 1. The van der Waals surface area contributed by atoms with E-state index in [1.807, 2.05) is 6.07 Å². The van der Waals surface area contributed by atoms with Crippen LogP contribution in [-0.4, -0.2) is 67.7 Å². The maximum Gasteiger partial charge on any atom is 0.409 e. The van der Waals surface area contributed by atoms with E-state index in [1.165, 1.54) is 5.56 Å². The number of nitrogens with zero attached hydrogens (tertiary/aromatic N) is 2. The zero-order valence-electron chi connectivity index (χ0n) is 13.9. The molecule has 6 heteroatoms. The summed E-state index contributed by atoms with van der Waals surface area (Å²) in [5, 5.41) is 2.90. The van der Waals surface area contributed by atoms with E-state index >= 15 is 0 Å². The molecule has 1 N–H and O–H groups in total. The molecule has 2 aliphatic rings. The highest BCUT2D eigenvalue weighted by Crippen LogP contribution is 2.26. The van der Waals surface area contributed by atoms with Gasteiger partial charge in [-0.15, -0.1) is 0 Å². The molecule has 0 unspecified atom stereocenters. The normalized spacial score (nSPS) is 21.6. The molecular weight excluding hydrogens is 306 g/mol. The van der Waals surface area contributed by atoms with Gasteiger partial charge in [-0.25, -0.2) is 4.79 Å². The number of rotatable bonds is 6. The monoisotopic (exact) mass is 331 g/mol. The predicted molar refractivity (Wildman–Crippen MR) is 90.8 cm³/mol. The van der Waals surface area contributed by atoms with Gasteiger partial charge in [-0.1, -0.05) is 30.3 Å². The van der Waals surface area contributed by atoms with Crippen molar-refractivity contribution < 1.29 is 14.3 Å². The molecular formula is C18H25N3O3. The zero-order valence-corrected chi connectivity index (χ0v) is 13.9. The van der Waals surface area contributed by atoms with Crippen LogP contribution in [0.4, 0.5) is 4.79 Å². The van der Waals surface area contributed by atoms with Gasteiger partial charge >= 0.3 is 6.09 Å². The van der Waals surface area contributed by atoms with Crippen LogP contribution in [0.5, 0.6) is 0 Å². The summed E-state index contributed by atoms with van der Waals surface area (Å²) >= 11 is 0. The number of benzene rings is 1. The average molecular weight is 331 g/mol. The van der Waals surface area contributed by atoms with Gasteiger partial charge in [0.2, 0.25) is 5.91 Å². The van der Waals surface area contributed by atoms with Gasteiger partial charge in [-0.3, -0.25) is 9.69 Å². The Labute approximate surface area is 142 Å². The summed E-state index contributed by atoms with van der Waals surface area (Å²) in [5.74, 6) is 0.538. The van der Waals surface area contributed by atoms with E-state index in [-0.39, 0.29) is 12.0 Å². The van der Waals surface area contributed by atoms with Crippen molar-refractivity contribution in [2.45, 2.75) is 18.8 Å². The highest BCUT2D eigenvalue weighted by atomic mass is 16.6. The van der Waals surface area contributed by atoms with Crippen LogP contribution in [0.1, 0.15) is 24.3 Å². The molecule has 0 saturated carbocycles. The van der Waals surface area contributed by atoms with Crippen molar-refractivity contribution in [2.75, 3.05) is 45.9 Å². The van der Waals surface area contributed by atoms with E-state index in [9.17, 15) is 9.59 Å². The Morgan fingerprint density at radius 3 is 2.88 bits per heavy atom. The van der Waals surface area contributed by atoms with Crippen LogP contribution in [0.3, 0.4) is 0 Å². The van der Waals surface area contributed by atoms with Crippen molar-refractivity contribution in [1.29, 1.82) is 0 Å². The van der Waals surface area contributed by atoms with Crippen molar-refractivity contribution in [3.63, 3.8) is 0 Å². The van der Waals surface area contributed by atoms with Crippen LogP contribution < -0.4 is 5.32 Å². The molecule has 2 fully saturated rings. The number of cyclic esters (lactones) is 1.